The Labute approximate surface area is 191 Å². The first-order chi connectivity index (χ1) is 13.2. The van der Waals surface area contributed by atoms with E-state index in [4.69, 9.17) is 10.5 Å². The number of benzene rings is 1. The number of fused-ring (bicyclic) bond motifs is 2. The average molecular weight is 429 g/mol. The van der Waals surface area contributed by atoms with Crippen molar-refractivity contribution in [3.8, 4) is 5.75 Å². The zero-order valence-corrected chi connectivity index (χ0v) is 16.0. The van der Waals surface area contributed by atoms with Crippen LogP contribution in [-0.2, 0) is 20.7 Å². The Hall–Kier alpha value is -1.98. The number of aryl methyl sites for hydroxylation is 1. The van der Waals surface area contributed by atoms with Crippen LogP contribution in [0.1, 0.15) is 29.3 Å². The third-order valence-electron chi connectivity index (χ3n) is 4.49. The minimum atomic E-state index is -2.35. The molecule has 11 heteroatoms. The van der Waals surface area contributed by atoms with Gasteiger partial charge in [0.05, 0.1) is 17.3 Å². The summed E-state index contributed by atoms with van der Waals surface area (Å²) in [4.78, 5) is 36.9. The number of esters is 1. The molecule has 0 aliphatic carbocycles. The van der Waals surface area contributed by atoms with Crippen molar-refractivity contribution in [1.82, 2.24) is 4.90 Å². The third kappa shape index (κ3) is 4.78. The van der Waals surface area contributed by atoms with Crippen LogP contribution in [0.2, 0.25) is 0 Å². The van der Waals surface area contributed by atoms with Crippen LogP contribution in [0.15, 0.2) is 36.1 Å². The van der Waals surface area contributed by atoms with Gasteiger partial charge in [-0.25, -0.2) is 4.21 Å². The zero-order chi connectivity index (χ0) is 20.6. The molecular formula is C18H20N3NaO6S. The van der Waals surface area contributed by atoms with Crippen molar-refractivity contribution in [2.24, 2.45) is 5.73 Å². The van der Waals surface area contributed by atoms with Gasteiger partial charge in [-0.3, -0.25) is 14.4 Å². The van der Waals surface area contributed by atoms with Crippen molar-refractivity contribution in [3.05, 3.63) is 47.2 Å². The SMILES string of the molecule is CC(=O)Oc1c(C)ccc2c1NC(S(=O)O)C1CC(/C=C/C(N)=O)=CN1C2=O.[NaH]. The predicted octanol–water partition coefficient (Wildman–Crippen LogP) is 0.385. The molecule has 2 amide bonds. The molecule has 9 nitrogen and oxygen atoms in total. The normalized spacial score (nSPS) is 21.3. The molecule has 1 aromatic rings. The van der Waals surface area contributed by atoms with Gasteiger partial charge in [0.2, 0.25) is 5.91 Å². The number of ether oxygens (including phenoxy) is 1. The van der Waals surface area contributed by atoms with Crippen LogP contribution in [0.4, 0.5) is 5.69 Å². The first-order valence-electron chi connectivity index (χ1n) is 8.38. The number of rotatable bonds is 4. The third-order valence-corrected chi connectivity index (χ3v) is 5.35. The van der Waals surface area contributed by atoms with Crippen LogP contribution in [0, 0.1) is 6.92 Å². The van der Waals surface area contributed by atoms with Gasteiger partial charge in [0.25, 0.3) is 5.91 Å². The molecule has 3 unspecified atom stereocenters. The van der Waals surface area contributed by atoms with E-state index in [2.05, 4.69) is 5.32 Å². The van der Waals surface area contributed by atoms with Crippen molar-refractivity contribution in [1.29, 1.82) is 0 Å². The Balaban J connectivity index is 0.00000300. The van der Waals surface area contributed by atoms with E-state index in [1.807, 2.05) is 0 Å². The first kappa shape index (κ1) is 23.3. The molecule has 4 N–H and O–H groups in total. The molecule has 1 aromatic carbocycles. The van der Waals surface area contributed by atoms with Crippen molar-refractivity contribution in [2.75, 3.05) is 5.32 Å². The average Bonchev–Trinajstić information content (AvgIpc) is 2.98. The van der Waals surface area contributed by atoms with Crippen molar-refractivity contribution < 1.29 is 27.9 Å². The van der Waals surface area contributed by atoms with Gasteiger partial charge in [0, 0.05) is 19.2 Å². The molecule has 150 valence electrons. The second kappa shape index (κ2) is 9.23. The van der Waals surface area contributed by atoms with E-state index < -0.39 is 40.3 Å². The molecule has 0 saturated heterocycles. The molecule has 29 heavy (non-hydrogen) atoms. The second-order valence-corrected chi connectivity index (χ2v) is 7.55. The number of amides is 2. The van der Waals surface area contributed by atoms with Crippen molar-refractivity contribution in [2.45, 2.75) is 31.7 Å². The van der Waals surface area contributed by atoms with E-state index in [9.17, 15) is 23.1 Å². The van der Waals surface area contributed by atoms with E-state index in [1.165, 1.54) is 24.1 Å². The molecule has 0 aromatic heterocycles. The predicted molar refractivity (Wildman–Crippen MR) is 109 cm³/mol. The Morgan fingerprint density at radius 2 is 2.10 bits per heavy atom. The molecular weight excluding hydrogens is 409 g/mol. The molecule has 3 rings (SSSR count). The van der Waals surface area contributed by atoms with Gasteiger partial charge < -0.3 is 25.2 Å². The Morgan fingerprint density at radius 1 is 1.41 bits per heavy atom. The Kier molecular flexibility index (Phi) is 7.41. The van der Waals surface area contributed by atoms with Gasteiger partial charge in [0.1, 0.15) is 5.37 Å². The summed E-state index contributed by atoms with van der Waals surface area (Å²) < 4.78 is 27.2. The molecule has 0 spiro atoms. The molecule has 2 aliphatic heterocycles. The van der Waals surface area contributed by atoms with E-state index >= 15 is 0 Å². The zero-order valence-electron chi connectivity index (χ0n) is 15.2. The van der Waals surface area contributed by atoms with Crippen molar-refractivity contribution >= 4 is 64.1 Å². The first-order valence-corrected chi connectivity index (χ1v) is 9.55. The van der Waals surface area contributed by atoms with Crippen LogP contribution in [0.5, 0.6) is 5.75 Å². The maximum absolute atomic E-state index is 13.1. The van der Waals surface area contributed by atoms with Crippen LogP contribution in [-0.4, -0.2) is 72.4 Å². The summed E-state index contributed by atoms with van der Waals surface area (Å²) >= 11 is -2.35. The summed E-state index contributed by atoms with van der Waals surface area (Å²) in [5.41, 5.74) is 6.72. The van der Waals surface area contributed by atoms with Gasteiger partial charge in [0.15, 0.2) is 16.8 Å². The molecule has 0 fully saturated rings. The molecule has 0 radical (unpaired) electrons. The van der Waals surface area contributed by atoms with Gasteiger partial charge in [-0.1, -0.05) is 12.1 Å². The summed E-state index contributed by atoms with van der Waals surface area (Å²) in [5, 5.41) is 1.88. The Bertz CT molecular complexity index is 961. The van der Waals surface area contributed by atoms with Crippen LogP contribution < -0.4 is 15.8 Å². The number of carbonyl (C=O) groups is 3. The van der Waals surface area contributed by atoms with E-state index in [0.29, 0.717) is 11.1 Å². The molecule has 0 bridgehead atoms. The molecule has 2 aliphatic rings. The maximum atomic E-state index is 13.1. The number of nitrogens with two attached hydrogens (primary N) is 1. The van der Waals surface area contributed by atoms with E-state index in [-0.39, 0.29) is 53.0 Å². The quantitative estimate of drug-likeness (QED) is 0.207. The van der Waals surface area contributed by atoms with Crippen LogP contribution >= 0.6 is 0 Å². The van der Waals surface area contributed by atoms with E-state index in [0.717, 1.165) is 6.08 Å². The van der Waals surface area contributed by atoms with Gasteiger partial charge in [-0.15, -0.1) is 0 Å². The minimum absolute atomic E-state index is 0. The number of nitrogens with one attached hydrogen (secondary N) is 1. The van der Waals surface area contributed by atoms with Gasteiger partial charge in [-0.2, -0.15) is 0 Å². The van der Waals surface area contributed by atoms with Crippen LogP contribution in [0.3, 0.4) is 0 Å². The van der Waals surface area contributed by atoms with E-state index in [1.54, 1.807) is 19.1 Å². The number of anilines is 1. The fraction of sp³-hybridized carbons (Fsp3) is 0.278. The number of hydrogen-bond acceptors (Lipinski definition) is 6. The summed E-state index contributed by atoms with van der Waals surface area (Å²) in [6.07, 6.45) is 4.41. The number of carbonyl (C=O) groups excluding carboxylic acids is 3. The Morgan fingerprint density at radius 3 is 2.69 bits per heavy atom. The summed E-state index contributed by atoms with van der Waals surface area (Å²) in [6, 6.07) is 2.52. The molecule has 0 saturated carbocycles. The number of allylic oxidation sites excluding steroid dienone is 1. The molecule has 2 heterocycles. The second-order valence-electron chi connectivity index (χ2n) is 6.49. The number of primary amides is 1. The molecule has 3 atom stereocenters. The standard InChI is InChI=1S/C18H19N3O6S.Na.H/c1-9-3-5-12-15(16(9)27-10(2)22)20-17(28(25)26)13-7-11(4-6-14(19)23)8-21(13)18(12)24;;/h3-6,8,13,17,20H,7H2,1-2H3,(H2,19,23)(H,25,26);;/b6-4+;;. The van der Waals surface area contributed by atoms with Gasteiger partial charge in [-0.05, 0) is 30.5 Å². The number of hydrogen-bond donors (Lipinski definition) is 3. The van der Waals surface area contributed by atoms with Crippen molar-refractivity contribution in [3.63, 3.8) is 0 Å². The number of nitrogens with zero attached hydrogens (tertiary/aromatic N) is 1. The summed E-state index contributed by atoms with van der Waals surface area (Å²) in [6.45, 7) is 2.94. The van der Waals surface area contributed by atoms with Gasteiger partial charge >= 0.3 is 35.5 Å². The monoisotopic (exact) mass is 429 g/mol. The topological polar surface area (TPSA) is 139 Å². The summed E-state index contributed by atoms with van der Waals surface area (Å²) in [5.74, 6) is -1.48. The summed E-state index contributed by atoms with van der Waals surface area (Å²) in [7, 11) is 0. The fourth-order valence-electron chi connectivity index (χ4n) is 3.28. The van der Waals surface area contributed by atoms with Crippen LogP contribution in [0.25, 0.3) is 0 Å². The fourth-order valence-corrected chi connectivity index (χ4v) is 3.99.